The summed E-state index contributed by atoms with van der Waals surface area (Å²) in [6.07, 6.45) is 6.20. The highest BCUT2D eigenvalue weighted by atomic mass is 35.5. The average Bonchev–Trinajstić information content (AvgIpc) is 2.41. The lowest BCUT2D eigenvalue weighted by atomic mass is 9.66. The first-order chi connectivity index (χ1) is 8.60. The van der Waals surface area contributed by atoms with Gasteiger partial charge in [0.1, 0.15) is 5.78 Å². The number of carbonyl (C=O) groups excluding carboxylic acids is 1. The number of halogens is 1. The molecule has 1 fully saturated rings. The second-order valence-electron chi connectivity index (χ2n) is 5.38. The van der Waals surface area contributed by atoms with E-state index >= 15 is 0 Å². The van der Waals surface area contributed by atoms with Gasteiger partial charge < -0.3 is 0 Å². The molecule has 1 aromatic carbocycles. The van der Waals surface area contributed by atoms with Gasteiger partial charge in [0.25, 0.3) is 0 Å². The van der Waals surface area contributed by atoms with E-state index in [2.05, 4.69) is 6.07 Å². The molecule has 0 N–H and O–H groups in total. The summed E-state index contributed by atoms with van der Waals surface area (Å²) in [5.74, 6) is 0.393. The van der Waals surface area contributed by atoms with Gasteiger partial charge in [0.15, 0.2) is 0 Å². The Hall–Kier alpha value is -0.820. The average molecular weight is 265 g/mol. The van der Waals surface area contributed by atoms with Crippen LogP contribution in [0.4, 0.5) is 0 Å². The lowest BCUT2D eigenvalue weighted by Gasteiger charge is -2.36. The van der Waals surface area contributed by atoms with Crippen molar-refractivity contribution in [3.8, 4) is 0 Å². The van der Waals surface area contributed by atoms with Crippen molar-refractivity contribution in [2.45, 2.75) is 57.8 Å². The fourth-order valence-corrected chi connectivity index (χ4v) is 3.28. The molecule has 0 amide bonds. The summed E-state index contributed by atoms with van der Waals surface area (Å²) in [6, 6.07) is 6.10. The number of hydrogen-bond acceptors (Lipinski definition) is 1. The minimum Gasteiger partial charge on any atom is -0.299 e. The maximum Gasteiger partial charge on any atom is 0.143 e. The third-order valence-corrected chi connectivity index (χ3v) is 4.70. The van der Waals surface area contributed by atoms with Gasteiger partial charge in [-0.3, -0.25) is 4.79 Å². The van der Waals surface area contributed by atoms with E-state index in [1.807, 2.05) is 26.0 Å². The summed E-state index contributed by atoms with van der Waals surface area (Å²) >= 11 is 6.09. The number of Topliss-reactive ketones (excluding diaryl/α,β-unsaturated/α-hetero) is 1. The van der Waals surface area contributed by atoms with Gasteiger partial charge in [0, 0.05) is 11.4 Å². The Morgan fingerprint density at radius 1 is 1.28 bits per heavy atom. The summed E-state index contributed by atoms with van der Waals surface area (Å²) in [5.41, 5.74) is 2.02. The van der Waals surface area contributed by atoms with Crippen molar-refractivity contribution in [1.82, 2.24) is 0 Å². The molecular weight excluding hydrogens is 244 g/mol. The number of rotatable bonds is 3. The molecule has 0 atom stereocenters. The summed E-state index contributed by atoms with van der Waals surface area (Å²) in [6.45, 7) is 3.99. The third kappa shape index (κ3) is 2.33. The number of benzene rings is 1. The SMILES string of the molecule is CCC(=O)C1(c2ccc(Cl)c(C)c2)CCCCC1. The van der Waals surface area contributed by atoms with Crippen molar-refractivity contribution in [2.24, 2.45) is 0 Å². The molecule has 0 spiro atoms. The summed E-state index contributed by atoms with van der Waals surface area (Å²) in [7, 11) is 0. The van der Waals surface area contributed by atoms with Crippen LogP contribution in [0.2, 0.25) is 5.02 Å². The van der Waals surface area contributed by atoms with Crippen LogP contribution in [0.5, 0.6) is 0 Å². The highest BCUT2D eigenvalue weighted by Crippen LogP contribution is 2.41. The van der Waals surface area contributed by atoms with Crippen LogP contribution in [0, 0.1) is 6.92 Å². The second-order valence-corrected chi connectivity index (χ2v) is 5.79. The molecular formula is C16H21ClO. The zero-order valence-electron chi connectivity index (χ0n) is 11.3. The van der Waals surface area contributed by atoms with Gasteiger partial charge in [-0.2, -0.15) is 0 Å². The minimum atomic E-state index is -0.234. The van der Waals surface area contributed by atoms with Crippen LogP contribution in [0.1, 0.15) is 56.6 Å². The summed E-state index contributed by atoms with van der Waals surface area (Å²) < 4.78 is 0. The summed E-state index contributed by atoms with van der Waals surface area (Å²) in [4.78, 5) is 12.5. The van der Waals surface area contributed by atoms with E-state index in [9.17, 15) is 4.79 Å². The number of carbonyl (C=O) groups is 1. The molecule has 0 aliphatic heterocycles. The minimum absolute atomic E-state index is 0.234. The maximum absolute atomic E-state index is 12.5. The van der Waals surface area contributed by atoms with Crippen LogP contribution in [0.15, 0.2) is 18.2 Å². The molecule has 0 bridgehead atoms. The predicted molar refractivity (Wildman–Crippen MR) is 76.3 cm³/mol. The molecule has 98 valence electrons. The number of aryl methyl sites for hydroxylation is 1. The Morgan fingerprint density at radius 2 is 1.94 bits per heavy atom. The monoisotopic (exact) mass is 264 g/mol. The predicted octanol–water partition coefficient (Wildman–Crippen LogP) is 4.83. The number of ketones is 1. The first-order valence-corrected chi connectivity index (χ1v) is 7.28. The zero-order chi connectivity index (χ0) is 13.2. The van der Waals surface area contributed by atoms with Crippen LogP contribution < -0.4 is 0 Å². The van der Waals surface area contributed by atoms with E-state index in [1.165, 1.54) is 12.0 Å². The van der Waals surface area contributed by atoms with E-state index in [0.29, 0.717) is 12.2 Å². The number of hydrogen-bond donors (Lipinski definition) is 0. The standard InChI is InChI=1S/C16H21ClO/c1-3-15(18)16(9-5-4-6-10-16)13-7-8-14(17)12(2)11-13/h7-8,11H,3-6,9-10H2,1-2H3. The molecule has 0 radical (unpaired) electrons. The van der Waals surface area contributed by atoms with Gasteiger partial charge in [-0.15, -0.1) is 0 Å². The van der Waals surface area contributed by atoms with E-state index < -0.39 is 0 Å². The maximum atomic E-state index is 12.5. The van der Waals surface area contributed by atoms with Gasteiger partial charge in [-0.05, 0) is 37.0 Å². The smallest absolute Gasteiger partial charge is 0.143 e. The van der Waals surface area contributed by atoms with E-state index in [0.717, 1.165) is 36.3 Å². The highest BCUT2D eigenvalue weighted by Gasteiger charge is 2.39. The Labute approximate surface area is 115 Å². The van der Waals surface area contributed by atoms with Gasteiger partial charge in [0.2, 0.25) is 0 Å². The quantitative estimate of drug-likeness (QED) is 0.764. The summed E-state index contributed by atoms with van der Waals surface area (Å²) in [5, 5.41) is 0.786. The Bertz CT molecular complexity index is 444. The van der Waals surface area contributed by atoms with Crippen molar-refractivity contribution in [1.29, 1.82) is 0 Å². The fraction of sp³-hybridized carbons (Fsp3) is 0.562. The van der Waals surface area contributed by atoms with Crippen molar-refractivity contribution in [3.63, 3.8) is 0 Å². The third-order valence-electron chi connectivity index (χ3n) is 4.27. The van der Waals surface area contributed by atoms with Crippen molar-refractivity contribution >= 4 is 17.4 Å². The molecule has 0 unspecified atom stereocenters. The molecule has 18 heavy (non-hydrogen) atoms. The van der Waals surface area contributed by atoms with E-state index in [4.69, 9.17) is 11.6 Å². The molecule has 2 rings (SSSR count). The Kier molecular flexibility index (Phi) is 4.11. The van der Waals surface area contributed by atoms with Crippen molar-refractivity contribution in [2.75, 3.05) is 0 Å². The molecule has 2 heteroatoms. The largest absolute Gasteiger partial charge is 0.299 e. The van der Waals surface area contributed by atoms with Crippen molar-refractivity contribution in [3.05, 3.63) is 34.3 Å². The lowest BCUT2D eigenvalue weighted by molar-refractivity contribution is -0.125. The van der Waals surface area contributed by atoms with E-state index in [1.54, 1.807) is 0 Å². The molecule has 1 nitrogen and oxygen atoms in total. The normalized spacial score (nSPS) is 18.6. The van der Waals surface area contributed by atoms with Gasteiger partial charge in [-0.1, -0.05) is 49.9 Å². The first kappa shape index (κ1) is 13.6. The van der Waals surface area contributed by atoms with Crippen LogP contribution in [0.25, 0.3) is 0 Å². The first-order valence-electron chi connectivity index (χ1n) is 6.90. The highest BCUT2D eigenvalue weighted by molar-refractivity contribution is 6.31. The molecule has 1 aromatic rings. The van der Waals surface area contributed by atoms with Crippen LogP contribution >= 0.6 is 11.6 Å². The molecule has 1 aliphatic carbocycles. The lowest BCUT2D eigenvalue weighted by Crippen LogP contribution is -2.37. The molecule has 0 heterocycles. The van der Waals surface area contributed by atoms with Gasteiger partial charge in [0.05, 0.1) is 5.41 Å². The molecule has 1 aliphatic rings. The topological polar surface area (TPSA) is 17.1 Å². The molecule has 0 aromatic heterocycles. The second kappa shape index (κ2) is 5.44. The van der Waals surface area contributed by atoms with Crippen LogP contribution in [-0.4, -0.2) is 5.78 Å². The van der Waals surface area contributed by atoms with Crippen LogP contribution in [0.3, 0.4) is 0 Å². The Balaban J connectivity index is 2.45. The van der Waals surface area contributed by atoms with E-state index in [-0.39, 0.29) is 5.41 Å². The molecule has 1 saturated carbocycles. The van der Waals surface area contributed by atoms with Crippen molar-refractivity contribution < 1.29 is 4.79 Å². The zero-order valence-corrected chi connectivity index (χ0v) is 12.0. The Morgan fingerprint density at radius 3 is 2.50 bits per heavy atom. The molecule has 0 saturated heterocycles. The van der Waals surface area contributed by atoms with Crippen LogP contribution in [-0.2, 0) is 10.2 Å². The fourth-order valence-electron chi connectivity index (χ4n) is 3.16. The van der Waals surface area contributed by atoms with Gasteiger partial charge >= 0.3 is 0 Å². The van der Waals surface area contributed by atoms with Gasteiger partial charge in [-0.25, -0.2) is 0 Å².